The van der Waals surface area contributed by atoms with Crippen molar-refractivity contribution in [3.8, 4) is 0 Å². The Morgan fingerprint density at radius 1 is 1.33 bits per heavy atom. The number of carbonyl (C=O) groups excluding carboxylic acids is 1. The van der Waals surface area contributed by atoms with Crippen molar-refractivity contribution in [2.45, 2.75) is 6.42 Å². The highest BCUT2D eigenvalue weighted by Gasteiger charge is 2.30. The normalized spacial score (nSPS) is 25.3. The quantitative estimate of drug-likeness (QED) is 0.755. The third-order valence-electron chi connectivity index (χ3n) is 3.05. The fraction of sp³-hybridized carbons (Fsp3) is 0.417. The number of hydrogen-bond donors (Lipinski definition) is 2. The van der Waals surface area contributed by atoms with Gasteiger partial charge in [-0.15, -0.1) is 0 Å². The first-order valence-corrected chi connectivity index (χ1v) is 5.31. The van der Waals surface area contributed by atoms with Gasteiger partial charge in [0.2, 0.25) is 5.91 Å². The van der Waals surface area contributed by atoms with Gasteiger partial charge in [-0.05, 0) is 24.4 Å². The van der Waals surface area contributed by atoms with Gasteiger partial charge in [0.25, 0.3) is 0 Å². The number of benzene rings is 1. The lowest BCUT2D eigenvalue weighted by Crippen LogP contribution is -2.30. The molecule has 2 rings (SSSR count). The van der Waals surface area contributed by atoms with Crippen LogP contribution in [0, 0.1) is 11.8 Å². The van der Waals surface area contributed by atoms with Gasteiger partial charge in [0.15, 0.2) is 0 Å². The molecule has 0 spiro atoms. The Morgan fingerprint density at radius 2 is 2.07 bits per heavy atom. The molecule has 3 nitrogen and oxygen atoms in total. The first kappa shape index (κ1) is 10.2. The zero-order valence-corrected chi connectivity index (χ0v) is 8.65. The molecule has 3 heteroatoms. The molecule has 0 aromatic heterocycles. The molecule has 0 saturated carbocycles. The monoisotopic (exact) mass is 204 g/mol. The van der Waals surface area contributed by atoms with Gasteiger partial charge in [-0.1, -0.05) is 30.3 Å². The van der Waals surface area contributed by atoms with Crippen molar-refractivity contribution in [1.29, 1.82) is 0 Å². The Morgan fingerprint density at radius 3 is 2.73 bits per heavy atom. The Hall–Kier alpha value is -1.35. The van der Waals surface area contributed by atoms with Crippen LogP contribution in [0.4, 0.5) is 0 Å². The van der Waals surface area contributed by atoms with Gasteiger partial charge in [-0.3, -0.25) is 4.79 Å². The standard InChI is InChI=1S/C12H16N2O/c13-12(15)11-8-14-7-10(11)6-9-4-2-1-3-5-9/h1-5,10-11,14H,6-8H2,(H2,13,15). The number of primary amides is 1. The summed E-state index contributed by atoms with van der Waals surface area (Å²) in [5.41, 5.74) is 6.64. The van der Waals surface area contributed by atoms with E-state index >= 15 is 0 Å². The number of nitrogens with two attached hydrogens (primary N) is 1. The SMILES string of the molecule is NC(=O)C1CNCC1Cc1ccccc1. The van der Waals surface area contributed by atoms with Gasteiger partial charge >= 0.3 is 0 Å². The predicted molar refractivity (Wildman–Crippen MR) is 59.2 cm³/mol. The summed E-state index contributed by atoms with van der Waals surface area (Å²) in [5, 5.41) is 3.22. The van der Waals surface area contributed by atoms with Crippen molar-refractivity contribution in [3.63, 3.8) is 0 Å². The lowest BCUT2D eigenvalue weighted by Gasteiger charge is -2.15. The third kappa shape index (κ3) is 2.36. The van der Waals surface area contributed by atoms with Crippen molar-refractivity contribution in [2.24, 2.45) is 17.6 Å². The average Bonchev–Trinajstić information content (AvgIpc) is 2.67. The predicted octanol–water partition coefficient (Wildman–Crippen LogP) is 0.550. The van der Waals surface area contributed by atoms with Gasteiger partial charge in [-0.25, -0.2) is 0 Å². The van der Waals surface area contributed by atoms with Crippen molar-refractivity contribution in [3.05, 3.63) is 35.9 Å². The fourth-order valence-corrected chi connectivity index (χ4v) is 2.20. The third-order valence-corrected chi connectivity index (χ3v) is 3.05. The van der Waals surface area contributed by atoms with Crippen LogP contribution in [0.2, 0.25) is 0 Å². The largest absolute Gasteiger partial charge is 0.369 e. The Balaban J connectivity index is 2.03. The van der Waals surface area contributed by atoms with Gasteiger partial charge in [0, 0.05) is 6.54 Å². The molecule has 15 heavy (non-hydrogen) atoms. The molecule has 1 heterocycles. The van der Waals surface area contributed by atoms with Crippen LogP contribution in [0.25, 0.3) is 0 Å². The van der Waals surface area contributed by atoms with Gasteiger partial charge in [0.1, 0.15) is 0 Å². The summed E-state index contributed by atoms with van der Waals surface area (Å²) >= 11 is 0. The maximum Gasteiger partial charge on any atom is 0.222 e. The molecule has 1 aromatic carbocycles. The second-order valence-corrected chi connectivity index (χ2v) is 4.12. The second kappa shape index (κ2) is 4.45. The molecule has 80 valence electrons. The van der Waals surface area contributed by atoms with E-state index < -0.39 is 0 Å². The van der Waals surface area contributed by atoms with Crippen molar-refractivity contribution < 1.29 is 4.79 Å². The summed E-state index contributed by atoms with van der Waals surface area (Å²) in [6.07, 6.45) is 0.932. The zero-order valence-electron chi connectivity index (χ0n) is 8.65. The van der Waals surface area contributed by atoms with Crippen LogP contribution >= 0.6 is 0 Å². The molecular weight excluding hydrogens is 188 g/mol. The van der Waals surface area contributed by atoms with Crippen molar-refractivity contribution >= 4 is 5.91 Å². The topological polar surface area (TPSA) is 55.1 Å². The fourth-order valence-electron chi connectivity index (χ4n) is 2.20. The van der Waals surface area contributed by atoms with E-state index in [1.807, 2.05) is 18.2 Å². The summed E-state index contributed by atoms with van der Waals surface area (Å²) in [5.74, 6) is 0.163. The molecule has 2 unspecified atom stereocenters. The Kier molecular flexibility index (Phi) is 3.02. The number of nitrogens with one attached hydrogen (secondary N) is 1. The van der Waals surface area contributed by atoms with Crippen LogP contribution in [0.15, 0.2) is 30.3 Å². The first-order valence-electron chi connectivity index (χ1n) is 5.31. The first-order chi connectivity index (χ1) is 7.27. The molecule has 1 amide bonds. The average molecular weight is 204 g/mol. The van der Waals surface area contributed by atoms with E-state index in [-0.39, 0.29) is 11.8 Å². The molecule has 0 radical (unpaired) electrons. The minimum Gasteiger partial charge on any atom is -0.369 e. The van der Waals surface area contributed by atoms with Crippen LogP contribution in [0.3, 0.4) is 0 Å². The van der Waals surface area contributed by atoms with E-state index in [2.05, 4.69) is 17.4 Å². The van der Waals surface area contributed by atoms with Crippen molar-refractivity contribution in [1.82, 2.24) is 5.32 Å². The summed E-state index contributed by atoms with van der Waals surface area (Å²) in [4.78, 5) is 11.2. The number of hydrogen-bond acceptors (Lipinski definition) is 2. The van der Waals surface area contributed by atoms with E-state index in [1.165, 1.54) is 5.56 Å². The molecule has 1 saturated heterocycles. The number of rotatable bonds is 3. The molecule has 1 fully saturated rings. The summed E-state index contributed by atoms with van der Waals surface area (Å²) in [7, 11) is 0. The molecule has 0 bridgehead atoms. The minimum absolute atomic E-state index is 0.00907. The molecule has 1 aromatic rings. The lowest BCUT2D eigenvalue weighted by molar-refractivity contribution is -0.122. The van der Waals surface area contributed by atoms with Crippen LogP contribution in [-0.4, -0.2) is 19.0 Å². The van der Waals surface area contributed by atoms with Gasteiger partial charge in [0.05, 0.1) is 5.92 Å². The summed E-state index contributed by atoms with van der Waals surface area (Å²) in [6, 6.07) is 10.2. The summed E-state index contributed by atoms with van der Waals surface area (Å²) in [6.45, 7) is 1.62. The molecule has 2 atom stereocenters. The highest BCUT2D eigenvalue weighted by molar-refractivity contribution is 5.77. The maximum atomic E-state index is 11.2. The van der Waals surface area contributed by atoms with Crippen LogP contribution in [0.5, 0.6) is 0 Å². The molecule has 1 aliphatic rings. The molecule has 3 N–H and O–H groups in total. The van der Waals surface area contributed by atoms with Crippen LogP contribution in [-0.2, 0) is 11.2 Å². The second-order valence-electron chi connectivity index (χ2n) is 4.12. The smallest absolute Gasteiger partial charge is 0.222 e. The van der Waals surface area contributed by atoms with E-state index in [0.29, 0.717) is 5.92 Å². The molecular formula is C12H16N2O. The van der Waals surface area contributed by atoms with E-state index in [1.54, 1.807) is 0 Å². The Bertz CT molecular complexity index is 337. The van der Waals surface area contributed by atoms with E-state index in [4.69, 9.17) is 5.73 Å². The molecule has 0 aliphatic carbocycles. The highest BCUT2D eigenvalue weighted by atomic mass is 16.1. The Labute approximate surface area is 89.7 Å². The minimum atomic E-state index is -0.180. The highest BCUT2D eigenvalue weighted by Crippen LogP contribution is 2.20. The number of amides is 1. The summed E-state index contributed by atoms with van der Waals surface area (Å²) < 4.78 is 0. The maximum absolute atomic E-state index is 11.2. The number of carbonyl (C=O) groups is 1. The van der Waals surface area contributed by atoms with Crippen LogP contribution in [0.1, 0.15) is 5.56 Å². The van der Waals surface area contributed by atoms with Gasteiger partial charge in [-0.2, -0.15) is 0 Å². The van der Waals surface area contributed by atoms with Crippen LogP contribution < -0.4 is 11.1 Å². The van der Waals surface area contributed by atoms with E-state index in [9.17, 15) is 4.79 Å². The molecule has 1 aliphatic heterocycles. The van der Waals surface area contributed by atoms with Crippen molar-refractivity contribution in [2.75, 3.05) is 13.1 Å². The zero-order chi connectivity index (χ0) is 10.7. The lowest BCUT2D eigenvalue weighted by atomic mass is 9.89. The van der Waals surface area contributed by atoms with Gasteiger partial charge < -0.3 is 11.1 Å². The van der Waals surface area contributed by atoms with E-state index in [0.717, 1.165) is 19.5 Å².